The van der Waals surface area contributed by atoms with Crippen molar-refractivity contribution < 1.29 is 23.5 Å². The molecule has 2 saturated heterocycles. The average Bonchev–Trinajstić information content (AvgIpc) is 3.13. The maximum Gasteiger partial charge on any atom is 0.407 e. The third-order valence-electron chi connectivity index (χ3n) is 6.47. The molecule has 3 heterocycles. The number of nitrogens with zero attached hydrogens (tertiary/aromatic N) is 5. The van der Waals surface area contributed by atoms with Gasteiger partial charge in [-0.3, -0.25) is 14.8 Å². The number of likely N-dealkylation sites (tertiary alicyclic amines) is 1. The van der Waals surface area contributed by atoms with Crippen LogP contribution in [-0.2, 0) is 4.79 Å². The lowest BCUT2D eigenvalue weighted by atomic mass is 9.89. The van der Waals surface area contributed by atoms with Crippen molar-refractivity contribution in [1.29, 1.82) is 5.26 Å². The van der Waals surface area contributed by atoms with Gasteiger partial charge in [0, 0.05) is 44.4 Å². The van der Waals surface area contributed by atoms with Gasteiger partial charge in [-0.2, -0.15) is 5.26 Å². The van der Waals surface area contributed by atoms with E-state index in [0.717, 1.165) is 5.69 Å². The maximum absolute atomic E-state index is 14.4. The van der Waals surface area contributed by atoms with Gasteiger partial charge in [-0.1, -0.05) is 6.92 Å². The Morgan fingerprint density at radius 2 is 2.00 bits per heavy atom. The van der Waals surface area contributed by atoms with Gasteiger partial charge in [0.05, 0.1) is 23.8 Å². The quantitative estimate of drug-likeness (QED) is 0.722. The number of rotatable bonds is 4. The molecule has 9 nitrogen and oxygen atoms in total. The fraction of sp³-hybridized carbons (Fsp3) is 0.500. The number of hydrogen-bond acceptors (Lipinski definition) is 6. The molecule has 2 aromatic rings. The van der Waals surface area contributed by atoms with E-state index in [9.17, 15) is 23.6 Å². The minimum absolute atomic E-state index is 0.0106. The molecular weight excluding hydrogens is 434 g/mol. The highest BCUT2D eigenvalue weighted by Crippen LogP contribution is 2.35. The third-order valence-corrected chi connectivity index (χ3v) is 6.47. The second-order valence-corrected chi connectivity index (χ2v) is 8.71. The van der Waals surface area contributed by atoms with Crippen molar-refractivity contribution in [2.45, 2.75) is 31.7 Å². The van der Waals surface area contributed by atoms with Crippen LogP contribution < -0.4 is 10.2 Å². The largest absolute Gasteiger partial charge is 0.465 e. The van der Waals surface area contributed by atoms with Gasteiger partial charge in [-0.25, -0.2) is 13.6 Å². The summed E-state index contributed by atoms with van der Waals surface area (Å²) in [7, 11) is 0. The Bertz CT molecular complexity index is 1120. The van der Waals surface area contributed by atoms with Gasteiger partial charge in [0.1, 0.15) is 17.1 Å². The zero-order chi connectivity index (χ0) is 23.8. The summed E-state index contributed by atoms with van der Waals surface area (Å²) in [6.07, 6.45) is 1.29. The second kappa shape index (κ2) is 8.77. The van der Waals surface area contributed by atoms with Gasteiger partial charge in [0.15, 0.2) is 0 Å². The summed E-state index contributed by atoms with van der Waals surface area (Å²) in [5.41, 5.74) is 2.33. The summed E-state index contributed by atoms with van der Waals surface area (Å²) >= 11 is 0. The molecule has 2 aliphatic heterocycles. The Balaban J connectivity index is 1.42. The van der Waals surface area contributed by atoms with E-state index in [1.807, 2.05) is 17.9 Å². The summed E-state index contributed by atoms with van der Waals surface area (Å²) in [4.78, 5) is 35.0. The molecule has 0 radical (unpaired) electrons. The number of carboxylic acid groups (broad SMARTS) is 1. The minimum Gasteiger partial charge on any atom is -0.465 e. The highest BCUT2D eigenvalue weighted by Gasteiger charge is 2.47. The first-order valence-electron chi connectivity index (χ1n) is 10.7. The molecule has 2 N–H and O–H groups in total. The van der Waals surface area contributed by atoms with Crippen molar-refractivity contribution in [2.24, 2.45) is 11.8 Å². The number of halogens is 2. The number of hydrogen-bond donors (Lipinski definition) is 2. The predicted octanol–water partition coefficient (Wildman–Crippen LogP) is 2.47. The Labute approximate surface area is 189 Å². The molecule has 0 spiro atoms. The average molecular weight is 458 g/mol. The molecular formula is C22H24F2N6O3. The standard InChI is InChI=1S/C22H24F2N6O3/c1-13-10-30(17-3-2-14(9-25)19-20(17)27-6-5-26-19)11-16(13)28-18(31)8-15-4-7-29(21(32)33)12-22(15,23)24/h2-3,5-6,13,15-16H,4,7-8,10-12H2,1H3,(H,28,31)(H,32,33)/t13-,15?,16+/m1/s1. The van der Waals surface area contributed by atoms with E-state index in [-0.39, 0.29) is 31.3 Å². The molecule has 4 rings (SSSR count). The van der Waals surface area contributed by atoms with E-state index in [0.29, 0.717) is 34.6 Å². The van der Waals surface area contributed by atoms with Crippen LogP contribution in [0.1, 0.15) is 25.3 Å². The van der Waals surface area contributed by atoms with Crippen LogP contribution in [0.3, 0.4) is 0 Å². The number of nitriles is 1. The lowest BCUT2D eigenvalue weighted by Gasteiger charge is -2.36. The third kappa shape index (κ3) is 4.51. The van der Waals surface area contributed by atoms with Crippen LogP contribution in [0.2, 0.25) is 0 Å². The fourth-order valence-corrected chi connectivity index (χ4v) is 4.63. The number of alkyl halides is 2. The summed E-state index contributed by atoms with van der Waals surface area (Å²) in [6.45, 7) is 2.17. The molecule has 1 aromatic carbocycles. The van der Waals surface area contributed by atoms with Crippen LogP contribution in [0.25, 0.3) is 11.0 Å². The highest BCUT2D eigenvalue weighted by atomic mass is 19.3. The van der Waals surface area contributed by atoms with Gasteiger partial charge in [-0.15, -0.1) is 0 Å². The van der Waals surface area contributed by atoms with E-state index in [2.05, 4.69) is 21.4 Å². The summed E-state index contributed by atoms with van der Waals surface area (Å²) in [5.74, 6) is -4.85. The summed E-state index contributed by atoms with van der Waals surface area (Å²) < 4.78 is 28.8. The number of carbonyl (C=O) groups excluding carboxylic acids is 1. The number of aromatic nitrogens is 2. The Kier molecular flexibility index (Phi) is 6.01. The van der Waals surface area contributed by atoms with Gasteiger partial charge in [0.25, 0.3) is 5.92 Å². The van der Waals surface area contributed by atoms with Gasteiger partial charge < -0.3 is 20.2 Å². The normalized spacial score (nSPS) is 24.5. The molecule has 11 heteroatoms. The van der Waals surface area contributed by atoms with Crippen molar-refractivity contribution in [1.82, 2.24) is 20.2 Å². The number of piperidine rings is 1. The van der Waals surface area contributed by atoms with Crippen LogP contribution >= 0.6 is 0 Å². The lowest BCUT2D eigenvalue weighted by Crippen LogP contribution is -2.52. The van der Waals surface area contributed by atoms with Gasteiger partial charge in [-0.05, 0) is 24.5 Å². The molecule has 1 aromatic heterocycles. The van der Waals surface area contributed by atoms with E-state index < -0.39 is 30.4 Å². The van der Waals surface area contributed by atoms with Crippen molar-refractivity contribution >= 4 is 28.7 Å². The van der Waals surface area contributed by atoms with Gasteiger partial charge in [0.2, 0.25) is 5.91 Å². The number of fused-ring (bicyclic) bond motifs is 1. The van der Waals surface area contributed by atoms with Crippen LogP contribution in [0.15, 0.2) is 24.5 Å². The SMILES string of the molecule is C[C@@H]1CN(c2ccc(C#N)c3nccnc23)C[C@@H]1NC(=O)CC1CCN(C(=O)O)CC1(F)F. The molecule has 0 saturated carbocycles. The monoisotopic (exact) mass is 458 g/mol. The summed E-state index contributed by atoms with van der Waals surface area (Å²) in [6, 6.07) is 5.37. The fourth-order valence-electron chi connectivity index (χ4n) is 4.63. The predicted molar refractivity (Wildman–Crippen MR) is 115 cm³/mol. The number of amides is 2. The number of nitrogens with one attached hydrogen (secondary N) is 1. The van der Waals surface area contributed by atoms with Crippen molar-refractivity contribution in [3.05, 3.63) is 30.1 Å². The van der Waals surface area contributed by atoms with E-state index in [1.54, 1.807) is 12.3 Å². The van der Waals surface area contributed by atoms with E-state index in [1.165, 1.54) is 6.20 Å². The number of benzene rings is 1. The Hall–Kier alpha value is -3.55. The molecule has 174 valence electrons. The molecule has 2 aliphatic rings. The van der Waals surface area contributed by atoms with Crippen molar-refractivity contribution in [3.8, 4) is 6.07 Å². The first kappa shape index (κ1) is 22.6. The van der Waals surface area contributed by atoms with E-state index in [4.69, 9.17) is 5.11 Å². The molecule has 2 fully saturated rings. The Morgan fingerprint density at radius 1 is 1.27 bits per heavy atom. The van der Waals surface area contributed by atoms with Crippen LogP contribution in [-0.4, -0.2) is 70.1 Å². The molecule has 33 heavy (non-hydrogen) atoms. The Morgan fingerprint density at radius 3 is 2.67 bits per heavy atom. The molecule has 0 bridgehead atoms. The lowest BCUT2D eigenvalue weighted by molar-refractivity contribution is -0.134. The van der Waals surface area contributed by atoms with Crippen LogP contribution in [0.5, 0.6) is 0 Å². The smallest absolute Gasteiger partial charge is 0.407 e. The van der Waals surface area contributed by atoms with Crippen LogP contribution in [0.4, 0.5) is 19.3 Å². The minimum atomic E-state index is -3.25. The highest BCUT2D eigenvalue weighted by molar-refractivity contribution is 5.92. The van der Waals surface area contributed by atoms with Crippen LogP contribution in [0, 0.1) is 23.2 Å². The number of carbonyl (C=O) groups is 2. The topological polar surface area (TPSA) is 122 Å². The second-order valence-electron chi connectivity index (χ2n) is 8.71. The van der Waals surface area contributed by atoms with E-state index >= 15 is 0 Å². The van der Waals surface area contributed by atoms with Crippen molar-refractivity contribution in [3.63, 3.8) is 0 Å². The van der Waals surface area contributed by atoms with Gasteiger partial charge >= 0.3 is 6.09 Å². The first-order chi connectivity index (χ1) is 15.7. The molecule has 1 unspecified atom stereocenters. The summed E-state index contributed by atoms with van der Waals surface area (Å²) in [5, 5.41) is 21.2. The molecule has 0 aliphatic carbocycles. The number of anilines is 1. The maximum atomic E-state index is 14.4. The molecule has 2 amide bonds. The zero-order valence-electron chi connectivity index (χ0n) is 18.0. The zero-order valence-corrected chi connectivity index (χ0v) is 18.0. The first-order valence-corrected chi connectivity index (χ1v) is 10.7. The van der Waals surface area contributed by atoms with Crippen molar-refractivity contribution in [2.75, 3.05) is 31.1 Å². The molecule has 3 atom stereocenters.